The summed E-state index contributed by atoms with van der Waals surface area (Å²) in [5.74, 6) is -0.220. The Morgan fingerprint density at radius 2 is 2.46 bits per heavy atom. The van der Waals surface area contributed by atoms with Gasteiger partial charge in [0.1, 0.15) is 5.69 Å². The van der Waals surface area contributed by atoms with Crippen LogP contribution < -0.4 is 0 Å². The summed E-state index contributed by atoms with van der Waals surface area (Å²) in [6.45, 7) is 0. The molecule has 0 atom stereocenters. The number of hydrogen-bond donors (Lipinski definition) is 0. The average Bonchev–Trinajstić information content (AvgIpc) is 2.72. The molecule has 0 spiro atoms. The second kappa shape index (κ2) is 3.02. The van der Waals surface area contributed by atoms with E-state index in [1.165, 1.54) is 16.1 Å². The molecule has 7 heteroatoms. The normalized spacial score (nSPS) is 10.2. The molecule has 0 bridgehead atoms. The van der Waals surface area contributed by atoms with Crippen molar-refractivity contribution in [2.75, 3.05) is 0 Å². The third-order valence-electron chi connectivity index (χ3n) is 1.38. The van der Waals surface area contributed by atoms with Crippen molar-refractivity contribution in [1.29, 1.82) is 0 Å². The molecule has 2 aromatic heterocycles. The number of aromatic nitrogens is 5. The van der Waals surface area contributed by atoms with Crippen LogP contribution in [-0.4, -0.2) is 31.0 Å². The van der Waals surface area contributed by atoms with E-state index in [0.29, 0.717) is 5.69 Å². The monoisotopic (exact) mass is 195 g/mol. The molecule has 2 rings (SSSR count). The van der Waals surface area contributed by atoms with Crippen molar-refractivity contribution in [3.8, 4) is 0 Å². The number of rotatable bonds is 2. The Labute approximate surface area is 77.2 Å². The highest BCUT2D eigenvalue weighted by molar-refractivity contribution is 7.07. The maximum absolute atomic E-state index is 11.5. The highest BCUT2D eigenvalue weighted by Crippen LogP contribution is 2.04. The lowest BCUT2D eigenvalue weighted by atomic mass is 10.3. The molecule has 6 nitrogen and oxygen atoms in total. The summed E-state index contributed by atoms with van der Waals surface area (Å²) in [4.78, 5) is 16.6. The van der Waals surface area contributed by atoms with Gasteiger partial charge < -0.3 is 0 Å². The highest BCUT2D eigenvalue weighted by atomic mass is 32.1. The van der Waals surface area contributed by atoms with Gasteiger partial charge in [0.15, 0.2) is 0 Å². The number of carbonyl (C=O) groups excluding carboxylic acids is 1. The van der Waals surface area contributed by atoms with E-state index in [1.807, 2.05) is 0 Å². The Balaban J connectivity index is 2.33. The third-order valence-corrected chi connectivity index (χ3v) is 1.96. The Kier molecular flexibility index (Phi) is 1.85. The van der Waals surface area contributed by atoms with Crippen LogP contribution in [0.15, 0.2) is 10.9 Å². The molecule has 0 saturated carbocycles. The first-order valence-corrected chi connectivity index (χ1v) is 4.38. The number of thiazole rings is 1. The number of ketones is 1. The maximum Gasteiger partial charge on any atom is 0.253 e. The quantitative estimate of drug-likeness (QED) is 0.625. The van der Waals surface area contributed by atoms with Gasteiger partial charge in [0.2, 0.25) is 5.82 Å². The van der Waals surface area contributed by atoms with Gasteiger partial charge in [-0.2, -0.15) is 4.80 Å². The number of aryl methyl sites for hydroxylation is 1. The van der Waals surface area contributed by atoms with Gasteiger partial charge in [-0.15, -0.1) is 21.5 Å². The number of hydrogen-bond acceptors (Lipinski definition) is 6. The van der Waals surface area contributed by atoms with Gasteiger partial charge >= 0.3 is 0 Å². The predicted octanol–water partition coefficient (Wildman–Crippen LogP) is -0.102. The van der Waals surface area contributed by atoms with E-state index < -0.39 is 0 Å². The van der Waals surface area contributed by atoms with E-state index in [1.54, 1.807) is 17.9 Å². The van der Waals surface area contributed by atoms with Gasteiger partial charge in [0, 0.05) is 5.38 Å². The van der Waals surface area contributed by atoms with E-state index in [9.17, 15) is 4.79 Å². The van der Waals surface area contributed by atoms with Crippen LogP contribution in [0.1, 0.15) is 16.3 Å². The molecular formula is C6H5N5OS. The van der Waals surface area contributed by atoms with E-state index in [0.717, 1.165) is 0 Å². The van der Waals surface area contributed by atoms with E-state index in [-0.39, 0.29) is 11.6 Å². The van der Waals surface area contributed by atoms with Crippen LogP contribution >= 0.6 is 11.3 Å². The van der Waals surface area contributed by atoms with Gasteiger partial charge in [0.05, 0.1) is 12.6 Å². The minimum absolute atomic E-state index is 0.0772. The summed E-state index contributed by atoms with van der Waals surface area (Å²) in [6.07, 6.45) is 0. The van der Waals surface area contributed by atoms with Crippen LogP contribution in [0.25, 0.3) is 0 Å². The molecule has 0 N–H and O–H groups in total. The minimum Gasteiger partial charge on any atom is -0.283 e. The maximum atomic E-state index is 11.5. The molecule has 0 unspecified atom stereocenters. The number of nitrogens with zero attached hydrogens (tertiary/aromatic N) is 5. The van der Waals surface area contributed by atoms with E-state index >= 15 is 0 Å². The molecular weight excluding hydrogens is 190 g/mol. The van der Waals surface area contributed by atoms with E-state index in [2.05, 4.69) is 20.4 Å². The van der Waals surface area contributed by atoms with Gasteiger partial charge in [-0.3, -0.25) is 4.79 Å². The second-order valence-electron chi connectivity index (χ2n) is 2.31. The number of tetrazole rings is 1. The zero-order valence-electron chi connectivity index (χ0n) is 6.71. The molecule has 2 aromatic rings. The largest absolute Gasteiger partial charge is 0.283 e. The minimum atomic E-state index is -0.297. The van der Waals surface area contributed by atoms with Crippen molar-refractivity contribution in [3.05, 3.63) is 22.4 Å². The van der Waals surface area contributed by atoms with Crippen molar-refractivity contribution >= 4 is 17.1 Å². The van der Waals surface area contributed by atoms with Crippen molar-refractivity contribution in [2.24, 2.45) is 7.05 Å². The van der Waals surface area contributed by atoms with Gasteiger partial charge in [0.25, 0.3) is 5.78 Å². The first-order valence-electron chi connectivity index (χ1n) is 3.44. The third kappa shape index (κ3) is 1.45. The van der Waals surface area contributed by atoms with Gasteiger partial charge in [-0.05, 0) is 5.21 Å². The molecule has 0 radical (unpaired) electrons. The van der Waals surface area contributed by atoms with Crippen molar-refractivity contribution in [1.82, 2.24) is 25.2 Å². The lowest BCUT2D eigenvalue weighted by Gasteiger charge is -1.86. The summed E-state index contributed by atoms with van der Waals surface area (Å²) in [7, 11) is 1.60. The fraction of sp³-hybridized carbons (Fsp3) is 0.167. The standard InChI is InChI=1S/C6H5N5OS/c1-11-9-6(8-10-11)5(12)4-2-13-3-7-4/h2-3H,1H3. The predicted molar refractivity (Wildman–Crippen MR) is 44.3 cm³/mol. The molecule has 0 amide bonds. The lowest BCUT2D eigenvalue weighted by molar-refractivity contribution is 0.102. The van der Waals surface area contributed by atoms with Crippen LogP contribution in [0, 0.1) is 0 Å². The van der Waals surface area contributed by atoms with Crippen molar-refractivity contribution in [3.63, 3.8) is 0 Å². The SMILES string of the molecule is Cn1nnc(C(=O)c2cscn2)n1. The smallest absolute Gasteiger partial charge is 0.253 e. The molecule has 2 heterocycles. The summed E-state index contributed by atoms with van der Waals surface area (Å²) in [5.41, 5.74) is 1.95. The summed E-state index contributed by atoms with van der Waals surface area (Å²) < 4.78 is 0. The summed E-state index contributed by atoms with van der Waals surface area (Å²) in [5, 5.41) is 12.6. The summed E-state index contributed by atoms with van der Waals surface area (Å²) in [6, 6.07) is 0. The van der Waals surface area contributed by atoms with Crippen LogP contribution in [0.3, 0.4) is 0 Å². The Morgan fingerprint density at radius 3 is 3.00 bits per heavy atom. The van der Waals surface area contributed by atoms with Crippen LogP contribution in [-0.2, 0) is 7.05 Å². The fourth-order valence-corrected chi connectivity index (χ4v) is 1.35. The molecule has 0 aliphatic rings. The molecule has 0 aliphatic carbocycles. The Morgan fingerprint density at radius 1 is 1.62 bits per heavy atom. The molecule has 0 aliphatic heterocycles. The molecule has 0 aromatic carbocycles. The van der Waals surface area contributed by atoms with Crippen molar-refractivity contribution in [2.45, 2.75) is 0 Å². The zero-order chi connectivity index (χ0) is 9.26. The van der Waals surface area contributed by atoms with Gasteiger partial charge in [-0.25, -0.2) is 4.98 Å². The molecule has 0 saturated heterocycles. The average molecular weight is 195 g/mol. The fourth-order valence-electron chi connectivity index (χ4n) is 0.814. The van der Waals surface area contributed by atoms with Gasteiger partial charge in [-0.1, -0.05) is 0 Å². The first kappa shape index (κ1) is 7.99. The lowest BCUT2D eigenvalue weighted by Crippen LogP contribution is -2.04. The Bertz CT molecular complexity index is 420. The van der Waals surface area contributed by atoms with Crippen LogP contribution in [0.4, 0.5) is 0 Å². The topological polar surface area (TPSA) is 73.6 Å². The molecule has 0 fully saturated rings. The van der Waals surface area contributed by atoms with Crippen LogP contribution in [0.2, 0.25) is 0 Å². The highest BCUT2D eigenvalue weighted by Gasteiger charge is 2.15. The second-order valence-corrected chi connectivity index (χ2v) is 3.02. The number of carbonyl (C=O) groups is 1. The summed E-state index contributed by atoms with van der Waals surface area (Å²) >= 11 is 1.35. The first-order chi connectivity index (χ1) is 6.27. The van der Waals surface area contributed by atoms with Crippen molar-refractivity contribution < 1.29 is 4.79 Å². The molecule has 13 heavy (non-hydrogen) atoms. The van der Waals surface area contributed by atoms with Crippen LogP contribution in [0.5, 0.6) is 0 Å². The zero-order valence-corrected chi connectivity index (χ0v) is 7.52. The Hall–Kier alpha value is -1.63. The van der Waals surface area contributed by atoms with E-state index in [4.69, 9.17) is 0 Å². The molecule has 66 valence electrons.